The maximum atomic E-state index is 12.7. The zero-order valence-corrected chi connectivity index (χ0v) is 11.3. The topological polar surface area (TPSA) is 42.0 Å². The molecule has 19 heavy (non-hydrogen) atoms. The predicted molar refractivity (Wildman–Crippen MR) is 73.5 cm³/mol. The summed E-state index contributed by atoms with van der Waals surface area (Å²) in [6.07, 6.45) is 1.84. The van der Waals surface area contributed by atoms with Crippen molar-refractivity contribution in [3.8, 4) is 0 Å². The number of carbonyl (C=O) groups is 1. The lowest BCUT2D eigenvalue weighted by atomic mass is 10.1. The minimum absolute atomic E-state index is 0.0233. The lowest BCUT2D eigenvalue weighted by Gasteiger charge is -2.04. The number of aromatic nitrogens is 1. The summed E-state index contributed by atoms with van der Waals surface area (Å²) in [4.78, 5) is 15.7. The van der Waals surface area contributed by atoms with Gasteiger partial charge in [0, 0.05) is 18.3 Å². The average molecular weight is 278 g/mol. The number of carbonyl (C=O) groups excluding carboxylic acids is 1. The fraction of sp³-hybridized carbons (Fsp3) is 0.286. The third-order valence-corrected chi connectivity index (χ3v) is 3.38. The molecule has 0 radical (unpaired) electrons. The van der Waals surface area contributed by atoms with Gasteiger partial charge in [-0.2, -0.15) is 0 Å². The van der Waals surface area contributed by atoms with Crippen LogP contribution in [0.4, 0.5) is 4.39 Å². The Morgan fingerprint density at radius 3 is 2.74 bits per heavy atom. The molecule has 3 nitrogen and oxygen atoms in total. The van der Waals surface area contributed by atoms with Crippen LogP contribution in [0, 0.1) is 5.82 Å². The molecular weight excluding hydrogens is 263 g/mol. The Hall–Kier alpha value is -1.75. The smallest absolute Gasteiger partial charge is 0.220 e. The normalized spacial score (nSPS) is 10.4. The highest BCUT2D eigenvalue weighted by atomic mass is 32.1. The van der Waals surface area contributed by atoms with Crippen LogP contribution in [-0.2, 0) is 17.6 Å². The number of benzene rings is 1. The van der Waals surface area contributed by atoms with Crippen LogP contribution in [-0.4, -0.2) is 17.4 Å². The number of nitrogens with zero attached hydrogens (tertiary/aromatic N) is 1. The second-order valence-corrected chi connectivity index (χ2v) is 4.92. The quantitative estimate of drug-likeness (QED) is 0.882. The number of halogens is 1. The van der Waals surface area contributed by atoms with E-state index in [1.165, 1.54) is 23.5 Å². The molecule has 1 amide bonds. The van der Waals surface area contributed by atoms with E-state index in [0.29, 0.717) is 25.8 Å². The summed E-state index contributed by atoms with van der Waals surface area (Å²) in [6.45, 7) is 0.571. The molecule has 0 aliphatic rings. The molecule has 5 heteroatoms. The minimum atomic E-state index is -0.240. The van der Waals surface area contributed by atoms with Gasteiger partial charge in [-0.05, 0) is 30.5 Å². The van der Waals surface area contributed by atoms with Gasteiger partial charge in [0.05, 0.1) is 11.2 Å². The van der Waals surface area contributed by atoms with E-state index in [0.717, 1.165) is 11.3 Å². The fourth-order valence-electron chi connectivity index (χ4n) is 1.69. The number of rotatable bonds is 6. The monoisotopic (exact) mass is 278 g/mol. The first-order chi connectivity index (χ1) is 9.24. The van der Waals surface area contributed by atoms with Gasteiger partial charge >= 0.3 is 0 Å². The molecule has 0 fully saturated rings. The van der Waals surface area contributed by atoms with Crippen molar-refractivity contribution >= 4 is 17.2 Å². The van der Waals surface area contributed by atoms with Crippen molar-refractivity contribution in [1.29, 1.82) is 0 Å². The molecule has 0 bridgehead atoms. The number of hydrogen-bond donors (Lipinski definition) is 1. The minimum Gasteiger partial charge on any atom is -0.356 e. The number of hydrogen-bond acceptors (Lipinski definition) is 3. The highest BCUT2D eigenvalue weighted by Gasteiger charge is 2.03. The van der Waals surface area contributed by atoms with Gasteiger partial charge in [0.1, 0.15) is 5.82 Å². The van der Waals surface area contributed by atoms with Crippen LogP contribution in [0.3, 0.4) is 0 Å². The third-order valence-electron chi connectivity index (χ3n) is 2.74. The maximum Gasteiger partial charge on any atom is 0.220 e. The van der Waals surface area contributed by atoms with Gasteiger partial charge in [-0.15, -0.1) is 11.3 Å². The van der Waals surface area contributed by atoms with Crippen molar-refractivity contribution in [2.75, 3.05) is 6.54 Å². The molecule has 2 aromatic rings. The van der Waals surface area contributed by atoms with Crippen LogP contribution in [0.5, 0.6) is 0 Å². The zero-order chi connectivity index (χ0) is 13.5. The molecule has 1 N–H and O–H groups in total. The highest BCUT2D eigenvalue weighted by Crippen LogP contribution is 2.04. The summed E-state index contributed by atoms with van der Waals surface area (Å²) in [5.74, 6) is -0.217. The molecule has 1 heterocycles. The Balaban J connectivity index is 1.65. The van der Waals surface area contributed by atoms with Gasteiger partial charge in [0.2, 0.25) is 5.91 Å². The molecular formula is C14H15FN2OS. The van der Waals surface area contributed by atoms with Crippen LogP contribution >= 0.6 is 11.3 Å². The SMILES string of the molecule is O=C(CCc1cscn1)NCCc1ccc(F)cc1. The van der Waals surface area contributed by atoms with Gasteiger partial charge in [-0.3, -0.25) is 4.79 Å². The van der Waals surface area contributed by atoms with Crippen molar-refractivity contribution in [3.63, 3.8) is 0 Å². The van der Waals surface area contributed by atoms with E-state index in [9.17, 15) is 9.18 Å². The standard InChI is InChI=1S/C14H15FN2OS/c15-12-3-1-11(2-4-12)7-8-16-14(18)6-5-13-9-19-10-17-13/h1-4,9-10H,5-8H2,(H,16,18). The Morgan fingerprint density at radius 2 is 2.05 bits per heavy atom. The highest BCUT2D eigenvalue weighted by molar-refractivity contribution is 7.07. The van der Waals surface area contributed by atoms with Crippen molar-refractivity contribution < 1.29 is 9.18 Å². The molecule has 0 atom stereocenters. The van der Waals surface area contributed by atoms with Crippen LogP contribution < -0.4 is 5.32 Å². The second kappa shape index (κ2) is 6.99. The van der Waals surface area contributed by atoms with E-state index < -0.39 is 0 Å². The van der Waals surface area contributed by atoms with Gasteiger partial charge in [0.25, 0.3) is 0 Å². The van der Waals surface area contributed by atoms with Crippen LogP contribution in [0.15, 0.2) is 35.2 Å². The van der Waals surface area contributed by atoms with Crippen LogP contribution in [0.2, 0.25) is 0 Å². The van der Waals surface area contributed by atoms with E-state index in [-0.39, 0.29) is 11.7 Å². The number of thiazole rings is 1. The van der Waals surface area contributed by atoms with Gasteiger partial charge < -0.3 is 5.32 Å². The van der Waals surface area contributed by atoms with E-state index >= 15 is 0 Å². The largest absolute Gasteiger partial charge is 0.356 e. The Morgan fingerprint density at radius 1 is 1.26 bits per heavy atom. The summed E-state index contributed by atoms with van der Waals surface area (Å²) in [5, 5.41) is 4.80. The zero-order valence-electron chi connectivity index (χ0n) is 10.4. The molecule has 0 aliphatic carbocycles. The van der Waals surface area contributed by atoms with Gasteiger partial charge in [0.15, 0.2) is 0 Å². The summed E-state index contributed by atoms with van der Waals surface area (Å²) >= 11 is 1.53. The first-order valence-electron chi connectivity index (χ1n) is 6.12. The summed E-state index contributed by atoms with van der Waals surface area (Å²) in [5.41, 5.74) is 3.74. The van der Waals surface area contributed by atoms with E-state index in [2.05, 4.69) is 10.3 Å². The lowest BCUT2D eigenvalue weighted by molar-refractivity contribution is -0.121. The fourth-order valence-corrected chi connectivity index (χ4v) is 2.28. The maximum absolute atomic E-state index is 12.7. The van der Waals surface area contributed by atoms with Crippen LogP contribution in [0.25, 0.3) is 0 Å². The van der Waals surface area contributed by atoms with Gasteiger partial charge in [-0.1, -0.05) is 12.1 Å². The molecule has 0 saturated carbocycles. The molecule has 0 aliphatic heterocycles. The lowest BCUT2D eigenvalue weighted by Crippen LogP contribution is -2.25. The predicted octanol–water partition coefficient (Wildman–Crippen LogP) is 2.57. The molecule has 0 unspecified atom stereocenters. The summed E-state index contributed by atoms with van der Waals surface area (Å²) < 4.78 is 12.7. The molecule has 1 aromatic heterocycles. The molecule has 1 aromatic carbocycles. The Bertz CT molecular complexity index is 511. The molecule has 0 spiro atoms. The number of aryl methyl sites for hydroxylation is 1. The van der Waals surface area contributed by atoms with E-state index in [1.807, 2.05) is 5.38 Å². The number of amides is 1. The van der Waals surface area contributed by atoms with Crippen LogP contribution in [0.1, 0.15) is 17.7 Å². The molecule has 2 rings (SSSR count). The first-order valence-corrected chi connectivity index (χ1v) is 7.06. The summed E-state index contributed by atoms with van der Waals surface area (Å²) in [7, 11) is 0. The third kappa shape index (κ3) is 4.79. The Labute approximate surface area is 115 Å². The Kier molecular flexibility index (Phi) is 5.03. The first kappa shape index (κ1) is 13.7. The van der Waals surface area contributed by atoms with Crippen molar-refractivity contribution in [1.82, 2.24) is 10.3 Å². The van der Waals surface area contributed by atoms with Crippen molar-refractivity contribution in [3.05, 3.63) is 52.2 Å². The summed E-state index contributed by atoms with van der Waals surface area (Å²) in [6, 6.07) is 6.33. The molecule has 0 saturated heterocycles. The second-order valence-electron chi connectivity index (χ2n) is 4.21. The van der Waals surface area contributed by atoms with E-state index in [4.69, 9.17) is 0 Å². The van der Waals surface area contributed by atoms with E-state index in [1.54, 1.807) is 17.6 Å². The van der Waals surface area contributed by atoms with Gasteiger partial charge in [-0.25, -0.2) is 9.37 Å². The molecule has 100 valence electrons. The van der Waals surface area contributed by atoms with Crippen molar-refractivity contribution in [2.45, 2.75) is 19.3 Å². The average Bonchev–Trinajstić information content (AvgIpc) is 2.92. The number of nitrogens with one attached hydrogen (secondary N) is 1. The van der Waals surface area contributed by atoms with Crippen molar-refractivity contribution in [2.24, 2.45) is 0 Å².